The molecule has 4 heteroatoms. The van der Waals surface area contributed by atoms with Crippen molar-refractivity contribution in [1.82, 2.24) is 20.0 Å². The van der Waals surface area contributed by atoms with Gasteiger partial charge in [0.15, 0.2) is 0 Å². The van der Waals surface area contributed by atoms with Gasteiger partial charge in [0.25, 0.3) is 0 Å². The van der Waals surface area contributed by atoms with Gasteiger partial charge in [0.05, 0.1) is 0 Å². The summed E-state index contributed by atoms with van der Waals surface area (Å²) in [6, 6.07) is 0.926. The molecule has 19 heavy (non-hydrogen) atoms. The molecule has 3 rings (SSSR count). The van der Waals surface area contributed by atoms with Crippen molar-refractivity contribution in [3.63, 3.8) is 0 Å². The van der Waals surface area contributed by atoms with Gasteiger partial charge in [-0.05, 0) is 12.8 Å². The van der Waals surface area contributed by atoms with E-state index in [0.717, 1.165) is 6.04 Å². The lowest BCUT2D eigenvalue weighted by atomic mass is 10.2. The summed E-state index contributed by atoms with van der Waals surface area (Å²) in [6.45, 7) is 12.6. The first-order valence-corrected chi connectivity index (χ1v) is 8.31. The van der Waals surface area contributed by atoms with Gasteiger partial charge < -0.3 is 5.32 Å². The average Bonchev–Trinajstić information content (AvgIpc) is 3.01. The lowest BCUT2D eigenvalue weighted by Gasteiger charge is -2.39. The minimum absolute atomic E-state index is 0.926. The summed E-state index contributed by atoms with van der Waals surface area (Å²) >= 11 is 0. The summed E-state index contributed by atoms with van der Waals surface area (Å²) in [5.74, 6) is 0. The largest absolute Gasteiger partial charge is 0.314 e. The van der Waals surface area contributed by atoms with Crippen LogP contribution >= 0.6 is 0 Å². The predicted molar refractivity (Wildman–Crippen MR) is 79.6 cm³/mol. The van der Waals surface area contributed by atoms with E-state index in [1.54, 1.807) is 0 Å². The number of hydrogen-bond acceptors (Lipinski definition) is 4. The molecule has 1 aliphatic carbocycles. The van der Waals surface area contributed by atoms with E-state index in [1.165, 1.54) is 91.1 Å². The molecule has 2 saturated heterocycles. The molecule has 110 valence electrons. The average molecular weight is 266 g/mol. The number of rotatable bonds is 4. The van der Waals surface area contributed by atoms with Crippen LogP contribution in [-0.2, 0) is 0 Å². The Bertz CT molecular complexity index is 251. The fraction of sp³-hybridized carbons (Fsp3) is 1.00. The molecule has 1 N–H and O–H groups in total. The third kappa shape index (κ3) is 3.91. The minimum atomic E-state index is 0.926. The molecule has 0 amide bonds. The van der Waals surface area contributed by atoms with Gasteiger partial charge in [-0.25, -0.2) is 0 Å². The highest BCUT2D eigenvalue weighted by Crippen LogP contribution is 2.24. The molecular weight excluding hydrogens is 236 g/mol. The highest BCUT2D eigenvalue weighted by molar-refractivity contribution is 4.82. The lowest BCUT2D eigenvalue weighted by Crippen LogP contribution is -2.52. The zero-order valence-corrected chi connectivity index (χ0v) is 12.3. The molecule has 0 bridgehead atoms. The Morgan fingerprint density at radius 2 is 1.32 bits per heavy atom. The van der Waals surface area contributed by atoms with Crippen LogP contribution in [-0.4, -0.2) is 86.2 Å². The van der Waals surface area contributed by atoms with Crippen molar-refractivity contribution >= 4 is 0 Å². The van der Waals surface area contributed by atoms with Crippen LogP contribution in [0, 0.1) is 0 Å². The second-order valence-electron chi connectivity index (χ2n) is 6.41. The van der Waals surface area contributed by atoms with E-state index in [0.29, 0.717) is 0 Å². The molecular formula is C15H30N4. The first-order valence-electron chi connectivity index (χ1n) is 8.31. The van der Waals surface area contributed by atoms with Gasteiger partial charge in [-0.3, -0.25) is 14.7 Å². The lowest BCUT2D eigenvalue weighted by molar-refractivity contribution is 0.0880. The van der Waals surface area contributed by atoms with E-state index in [1.807, 2.05) is 0 Å². The van der Waals surface area contributed by atoms with Crippen molar-refractivity contribution in [2.75, 3.05) is 65.4 Å². The van der Waals surface area contributed by atoms with Crippen LogP contribution < -0.4 is 5.32 Å². The quantitative estimate of drug-likeness (QED) is 0.797. The van der Waals surface area contributed by atoms with Crippen molar-refractivity contribution in [1.29, 1.82) is 0 Å². The van der Waals surface area contributed by atoms with E-state index in [2.05, 4.69) is 20.0 Å². The molecule has 0 spiro atoms. The minimum Gasteiger partial charge on any atom is -0.314 e. The second kappa shape index (κ2) is 7.02. The van der Waals surface area contributed by atoms with Crippen LogP contribution in [0.15, 0.2) is 0 Å². The maximum Gasteiger partial charge on any atom is 0.0113 e. The molecule has 1 saturated carbocycles. The topological polar surface area (TPSA) is 21.8 Å². The fourth-order valence-corrected chi connectivity index (χ4v) is 3.84. The van der Waals surface area contributed by atoms with E-state index in [-0.39, 0.29) is 0 Å². The molecule has 0 unspecified atom stereocenters. The van der Waals surface area contributed by atoms with Gasteiger partial charge in [-0.1, -0.05) is 12.8 Å². The molecule has 4 nitrogen and oxygen atoms in total. The molecule has 0 radical (unpaired) electrons. The Labute approximate surface area is 118 Å². The van der Waals surface area contributed by atoms with Crippen molar-refractivity contribution in [3.05, 3.63) is 0 Å². The Morgan fingerprint density at radius 1 is 0.737 bits per heavy atom. The van der Waals surface area contributed by atoms with Gasteiger partial charge in [-0.15, -0.1) is 0 Å². The predicted octanol–water partition coefficient (Wildman–Crippen LogP) is 0.452. The van der Waals surface area contributed by atoms with Crippen LogP contribution in [0.25, 0.3) is 0 Å². The molecule has 0 aromatic heterocycles. The SMILES string of the molecule is C1CCC(N2CCN(CCN3CCNCC3)CC2)C1. The van der Waals surface area contributed by atoms with Crippen molar-refractivity contribution in [3.8, 4) is 0 Å². The Morgan fingerprint density at radius 3 is 1.95 bits per heavy atom. The van der Waals surface area contributed by atoms with Crippen LogP contribution in [0.4, 0.5) is 0 Å². The number of nitrogens with zero attached hydrogens (tertiary/aromatic N) is 3. The van der Waals surface area contributed by atoms with E-state index in [9.17, 15) is 0 Å². The fourth-order valence-electron chi connectivity index (χ4n) is 3.84. The van der Waals surface area contributed by atoms with Crippen LogP contribution in [0.3, 0.4) is 0 Å². The van der Waals surface area contributed by atoms with Gasteiger partial charge in [0, 0.05) is 71.5 Å². The van der Waals surface area contributed by atoms with Crippen LogP contribution in [0.1, 0.15) is 25.7 Å². The standard InChI is InChI=1S/C15H30N4/c1-2-4-15(3-1)19-13-11-18(12-14-19)10-9-17-7-5-16-6-8-17/h15-16H,1-14H2. The van der Waals surface area contributed by atoms with Gasteiger partial charge in [-0.2, -0.15) is 0 Å². The second-order valence-corrected chi connectivity index (χ2v) is 6.41. The maximum atomic E-state index is 3.43. The van der Waals surface area contributed by atoms with E-state index >= 15 is 0 Å². The molecule has 3 fully saturated rings. The third-order valence-corrected chi connectivity index (χ3v) is 5.19. The first kappa shape index (κ1) is 13.8. The zero-order valence-electron chi connectivity index (χ0n) is 12.3. The van der Waals surface area contributed by atoms with Crippen molar-refractivity contribution < 1.29 is 0 Å². The highest BCUT2D eigenvalue weighted by atomic mass is 15.3. The molecule has 0 aromatic rings. The van der Waals surface area contributed by atoms with Crippen molar-refractivity contribution in [2.45, 2.75) is 31.7 Å². The Hall–Kier alpha value is -0.160. The van der Waals surface area contributed by atoms with Gasteiger partial charge in [0.2, 0.25) is 0 Å². The Kier molecular flexibility index (Phi) is 5.10. The number of nitrogens with one attached hydrogen (secondary N) is 1. The van der Waals surface area contributed by atoms with Crippen LogP contribution in [0.5, 0.6) is 0 Å². The summed E-state index contributed by atoms with van der Waals surface area (Å²) in [6.07, 6.45) is 5.85. The molecule has 2 aliphatic heterocycles. The summed E-state index contributed by atoms with van der Waals surface area (Å²) in [5.41, 5.74) is 0. The monoisotopic (exact) mass is 266 g/mol. The highest BCUT2D eigenvalue weighted by Gasteiger charge is 2.26. The smallest absolute Gasteiger partial charge is 0.0113 e. The third-order valence-electron chi connectivity index (χ3n) is 5.19. The Balaban J connectivity index is 1.33. The van der Waals surface area contributed by atoms with E-state index in [4.69, 9.17) is 0 Å². The number of piperazine rings is 2. The maximum absolute atomic E-state index is 3.43. The summed E-state index contributed by atoms with van der Waals surface area (Å²) in [5, 5.41) is 3.43. The first-order chi connectivity index (χ1) is 9.42. The molecule has 3 aliphatic rings. The zero-order chi connectivity index (χ0) is 12.9. The van der Waals surface area contributed by atoms with E-state index < -0.39 is 0 Å². The molecule has 0 atom stereocenters. The van der Waals surface area contributed by atoms with Crippen molar-refractivity contribution in [2.24, 2.45) is 0 Å². The molecule has 0 aromatic carbocycles. The van der Waals surface area contributed by atoms with Crippen LogP contribution in [0.2, 0.25) is 0 Å². The van der Waals surface area contributed by atoms with Gasteiger partial charge in [0.1, 0.15) is 0 Å². The summed E-state index contributed by atoms with van der Waals surface area (Å²) in [4.78, 5) is 8.04. The normalized spacial score (nSPS) is 29.1. The summed E-state index contributed by atoms with van der Waals surface area (Å²) < 4.78 is 0. The number of hydrogen-bond donors (Lipinski definition) is 1. The summed E-state index contributed by atoms with van der Waals surface area (Å²) in [7, 11) is 0. The van der Waals surface area contributed by atoms with Gasteiger partial charge >= 0.3 is 0 Å². The molecule has 2 heterocycles.